The van der Waals surface area contributed by atoms with Gasteiger partial charge >= 0.3 is 0 Å². The number of carbonyl (C=O) groups excluding carboxylic acids is 1. The highest BCUT2D eigenvalue weighted by molar-refractivity contribution is 7.99. The fourth-order valence-corrected chi connectivity index (χ4v) is 3.36. The minimum absolute atomic E-state index is 0.176. The summed E-state index contributed by atoms with van der Waals surface area (Å²) in [7, 11) is 0. The highest BCUT2D eigenvalue weighted by Crippen LogP contribution is 2.23. The Balaban J connectivity index is 1.58. The number of hydrogen-bond donors (Lipinski definition) is 1. The SMILES string of the molecule is CCn1c(SCC(=O)NN=Cc2ccc(Cl)cc2)nc2ccccc21. The van der Waals surface area contributed by atoms with E-state index in [0.29, 0.717) is 5.02 Å². The molecule has 5 nitrogen and oxygen atoms in total. The first-order valence-electron chi connectivity index (χ1n) is 7.83. The lowest BCUT2D eigenvalue weighted by Gasteiger charge is -2.04. The molecule has 128 valence electrons. The van der Waals surface area contributed by atoms with Crippen LogP contribution >= 0.6 is 23.4 Å². The van der Waals surface area contributed by atoms with Crippen molar-refractivity contribution in [2.24, 2.45) is 5.10 Å². The smallest absolute Gasteiger partial charge is 0.250 e. The minimum Gasteiger partial charge on any atom is -0.319 e. The Morgan fingerprint density at radius 1 is 1.28 bits per heavy atom. The molecule has 0 fully saturated rings. The van der Waals surface area contributed by atoms with Crippen LogP contribution in [0.2, 0.25) is 5.02 Å². The van der Waals surface area contributed by atoms with Gasteiger partial charge in [0.1, 0.15) is 0 Å². The van der Waals surface area contributed by atoms with Gasteiger partial charge in [0.15, 0.2) is 5.16 Å². The Morgan fingerprint density at radius 2 is 2.04 bits per heavy atom. The summed E-state index contributed by atoms with van der Waals surface area (Å²) in [6.45, 7) is 2.87. The summed E-state index contributed by atoms with van der Waals surface area (Å²) in [5.41, 5.74) is 5.41. The third-order valence-corrected chi connectivity index (χ3v) is 4.77. The molecule has 3 rings (SSSR count). The van der Waals surface area contributed by atoms with Gasteiger partial charge in [0, 0.05) is 11.6 Å². The molecule has 0 aliphatic carbocycles. The molecule has 1 N–H and O–H groups in total. The van der Waals surface area contributed by atoms with Crippen molar-refractivity contribution in [1.82, 2.24) is 15.0 Å². The number of carbonyl (C=O) groups is 1. The van der Waals surface area contributed by atoms with Crippen molar-refractivity contribution in [1.29, 1.82) is 0 Å². The van der Waals surface area contributed by atoms with E-state index in [-0.39, 0.29) is 11.7 Å². The normalized spacial score (nSPS) is 11.3. The third-order valence-electron chi connectivity index (χ3n) is 3.54. The predicted octanol–water partition coefficient (Wildman–Crippen LogP) is 3.95. The van der Waals surface area contributed by atoms with E-state index in [2.05, 4.69) is 27.0 Å². The maximum Gasteiger partial charge on any atom is 0.250 e. The summed E-state index contributed by atoms with van der Waals surface area (Å²) in [6.07, 6.45) is 1.58. The zero-order valence-electron chi connectivity index (χ0n) is 13.6. The van der Waals surface area contributed by atoms with Gasteiger partial charge in [-0.3, -0.25) is 4.79 Å². The molecular weight excluding hydrogens is 356 g/mol. The highest BCUT2D eigenvalue weighted by atomic mass is 35.5. The van der Waals surface area contributed by atoms with Crippen LogP contribution in [0.15, 0.2) is 58.8 Å². The summed E-state index contributed by atoms with van der Waals surface area (Å²) in [4.78, 5) is 16.6. The molecule has 0 bridgehead atoms. The molecule has 0 atom stereocenters. The number of aromatic nitrogens is 2. The lowest BCUT2D eigenvalue weighted by molar-refractivity contribution is -0.118. The van der Waals surface area contributed by atoms with Crippen LogP contribution in [-0.2, 0) is 11.3 Å². The molecule has 1 aromatic heterocycles. The van der Waals surface area contributed by atoms with E-state index in [9.17, 15) is 4.79 Å². The largest absolute Gasteiger partial charge is 0.319 e. The number of hydrogen-bond acceptors (Lipinski definition) is 4. The van der Waals surface area contributed by atoms with E-state index in [1.54, 1.807) is 18.3 Å². The summed E-state index contributed by atoms with van der Waals surface area (Å²) >= 11 is 7.23. The van der Waals surface area contributed by atoms with Crippen LogP contribution < -0.4 is 5.43 Å². The molecule has 0 saturated heterocycles. The highest BCUT2D eigenvalue weighted by Gasteiger charge is 2.11. The van der Waals surface area contributed by atoms with Crippen molar-refractivity contribution in [3.63, 3.8) is 0 Å². The number of thioether (sulfide) groups is 1. The Bertz CT molecular complexity index is 905. The Kier molecular flexibility index (Phi) is 5.73. The van der Waals surface area contributed by atoms with E-state index in [0.717, 1.165) is 28.3 Å². The molecule has 1 amide bonds. The number of benzene rings is 2. The summed E-state index contributed by atoms with van der Waals surface area (Å²) in [5, 5.41) is 5.46. The number of aryl methyl sites for hydroxylation is 1. The number of hydrazone groups is 1. The number of rotatable bonds is 6. The van der Waals surface area contributed by atoms with Gasteiger partial charge in [-0.1, -0.05) is 47.6 Å². The third kappa shape index (κ3) is 4.41. The second-order valence-corrected chi connectivity index (χ2v) is 6.64. The van der Waals surface area contributed by atoms with Crippen molar-refractivity contribution in [3.05, 3.63) is 59.1 Å². The van der Waals surface area contributed by atoms with Gasteiger partial charge in [-0.2, -0.15) is 5.10 Å². The first-order chi connectivity index (χ1) is 12.2. The van der Waals surface area contributed by atoms with E-state index >= 15 is 0 Å². The van der Waals surface area contributed by atoms with Gasteiger partial charge in [0.05, 0.1) is 23.0 Å². The van der Waals surface area contributed by atoms with E-state index in [1.165, 1.54) is 11.8 Å². The van der Waals surface area contributed by atoms with Gasteiger partial charge in [-0.25, -0.2) is 10.4 Å². The molecule has 0 spiro atoms. The van der Waals surface area contributed by atoms with Gasteiger partial charge in [0.25, 0.3) is 5.91 Å². The van der Waals surface area contributed by atoms with Crippen LogP contribution in [0.1, 0.15) is 12.5 Å². The van der Waals surface area contributed by atoms with Crippen molar-refractivity contribution >= 4 is 46.5 Å². The van der Waals surface area contributed by atoms with Crippen molar-refractivity contribution in [2.45, 2.75) is 18.6 Å². The number of fused-ring (bicyclic) bond motifs is 1. The molecule has 7 heteroatoms. The van der Waals surface area contributed by atoms with Crippen LogP contribution in [0.25, 0.3) is 11.0 Å². The molecule has 25 heavy (non-hydrogen) atoms. The number of nitrogens with one attached hydrogen (secondary N) is 1. The van der Waals surface area contributed by atoms with Crippen molar-refractivity contribution < 1.29 is 4.79 Å². The lowest BCUT2D eigenvalue weighted by Crippen LogP contribution is -2.20. The van der Waals surface area contributed by atoms with E-state index < -0.39 is 0 Å². The Morgan fingerprint density at radius 3 is 2.80 bits per heavy atom. The standard InChI is InChI=1S/C18H17ClN4OS/c1-2-23-16-6-4-3-5-15(16)21-18(23)25-12-17(24)22-20-11-13-7-9-14(19)10-8-13/h3-11H,2,12H2,1H3,(H,22,24). The molecule has 0 unspecified atom stereocenters. The molecule has 0 saturated carbocycles. The first kappa shape index (κ1) is 17.5. The second-order valence-electron chi connectivity index (χ2n) is 5.26. The van der Waals surface area contributed by atoms with Crippen molar-refractivity contribution in [3.8, 4) is 0 Å². The maximum absolute atomic E-state index is 12.0. The number of amides is 1. The number of halogens is 1. The van der Waals surface area contributed by atoms with Crippen molar-refractivity contribution in [2.75, 3.05) is 5.75 Å². The molecule has 0 aliphatic heterocycles. The fraction of sp³-hybridized carbons (Fsp3) is 0.167. The molecule has 1 heterocycles. The quantitative estimate of drug-likeness (QED) is 0.405. The van der Waals surface area contributed by atoms with Gasteiger partial charge < -0.3 is 4.57 Å². The first-order valence-corrected chi connectivity index (χ1v) is 9.19. The molecular formula is C18H17ClN4OS. The average molecular weight is 373 g/mol. The zero-order valence-corrected chi connectivity index (χ0v) is 15.2. The number of para-hydroxylation sites is 2. The minimum atomic E-state index is -0.176. The number of imidazole rings is 1. The topological polar surface area (TPSA) is 59.3 Å². The molecule has 2 aromatic carbocycles. The monoisotopic (exact) mass is 372 g/mol. The maximum atomic E-state index is 12.0. The van der Waals surface area contributed by atoms with E-state index in [1.807, 2.05) is 36.4 Å². The molecule has 0 radical (unpaired) electrons. The summed E-state index contributed by atoms with van der Waals surface area (Å²) in [6, 6.07) is 15.2. The van der Waals surface area contributed by atoms with Crippen LogP contribution in [0.5, 0.6) is 0 Å². The van der Waals surface area contributed by atoms with Gasteiger partial charge in [-0.15, -0.1) is 0 Å². The zero-order chi connectivity index (χ0) is 17.6. The van der Waals surface area contributed by atoms with E-state index in [4.69, 9.17) is 11.6 Å². The summed E-state index contributed by atoms with van der Waals surface area (Å²) < 4.78 is 2.10. The van der Waals surface area contributed by atoms with Crippen LogP contribution in [0, 0.1) is 0 Å². The summed E-state index contributed by atoms with van der Waals surface area (Å²) in [5.74, 6) is 0.0753. The predicted molar refractivity (Wildman–Crippen MR) is 103 cm³/mol. The molecule has 3 aromatic rings. The Hall–Kier alpha value is -2.31. The van der Waals surface area contributed by atoms with Gasteiger partial charge in [-0.05, 0) is 36.8 Å². The van der Waals surface area contributed by atoms with Crippen LogP contribution in [0.3, 0.4) is 0 Å². The van der Waals surface area contributed by atoms with Crippen LogP contribution in [0.4, 0.5) is 0 Å². The molecule has 0 aliphatic rings. The fourth-order valence-electron chi connectivity index (χ4n) is 2.36. The van der Waals surface area contributed by atoms with Gasteiger partial charge in [0.2, 0.25) is 0 Å². The average Bonchev–Trinajstić information content (AvgIpc) is 2.99. The Labute approximate surface area is 155 Å². The van der Waals surface area contributed by atoms with Crippen LogP contribution in [-0.4, -0.2) is 27.4 Å². The lowest BCUT2D eigenvalue weighted by atomic mass is 10.2. The number of nitrogens with zero attached hydrogens (tertiary/aromatic N) is 3. The second kappa shape index (κ2) is 8.18.